The SMILES string of the molecule is CNC(c1cc(C)c(C)cc1C)c1ncccc1Cl. The molecular weight excluding hydrogens is 256 g/mol. The third kappa shape index (κ3) is 2.80. The number of hydrogen-bond donors (Lipinski definition) is 1. The van der Waals surface area contributed by atoms with Crippen LogP contribution in [0.4, 0.5) is 0 Å². The monoisotopic (exact) mass is 274 g/mol. The van der Waals surface area contributed by atoms with Gasteiger partial charge in [0.2, 0.25) is 0 Å². The van der Waals surface area contributed by atoms with Crippen LogP contribution >= 0.6 is 11.6 Å². The third-order valence-electron chi connectivity index (χ3n) is 3.54. The lowest BCUT2D eigenvalue weighted by Crippen LogP contribution is -2.20. The molecule has 19 heavy (non-hydrogen) atoms. The highest BCUT2D eigenvalue weighted by atomic mass is 35.5. The first kappa shape index (κ1) is 14.0. The molecule has 0 fully saturated rings. The van der Waals surface area contributed by atoms with Crippen molar-refractivity contribution in [3.63, 3.8) is 0 Å². The molecule has 1 heterocycles. The number of aryl methyl sites for hydroxylation is 3. The summed E-state index contributed by atoms with van der Waals surface area (Å²) in [6.07, 6.45) is 1.78. The number of hydrogen-bond acceptors (Lipinski definition) is 2. The molecule has 2 nitrogen and oxygen atoms in total. The van der Waals surface area contributed by atoms with E-state index in [1.165, 1.54) is 22.3 Å². The third-order valence-corrected chi connectivity index (χ3v) is 3.86. The quantitative estimate of drug-likeness (QED) is 0.916. The maximum Gasteiger partial charge on any atom is 0.0804 e. The van der Waals surface area contributed by atoms with Gasteiger partial charge in [0, 0.05) is 6.20 Å². The lowest BCUT2D eigenvalue weighted by Gasteiger charge is -2.20. The van der Waals surface area contributed by atoms with Crippen LogP contribution in [0.1, 0.15) is 34.0 Å². The van der Waals surface area contributed by atoms with Crippen LogP contribution < -0.4 is 5.32 Å². The molecule has 0 amide bonds. The smallest absolute Gasteiger partial charge is 0.0804 e. The molecule has 1 aromatic heterocycles. The summed E-state index contributed by atoms with van der Waals surface area (Å²) in [5, 5.41) is 4.01. The molecule has 0 aliphatic rings. The first-order valence-corrected chi connectivity index (χ1v) is 6.77. The summed E-state index contributed by atoms with van der Waals surface area (Å²) < 4.78 is 0. The second kappa shape index (κ2) is 5.72. The van der Waals surface area contributed by atoms with Crippen molar-refractivity contribution >= 4 is 11.6 Å². The molecule has 3 heteroatoms. The van der Waals surface area contributed by atoms with Gasteiger partial charge in [-0.05, 0) is 62.2 Å². The van der Waals surface area contributed by atoms with Gasteiger partial charge in [-0.25, -0.2) is 0 Å². The van der Waals surface area contributed by atoms with Crippen LogP contribution in [0.2, 0.25) is 5.02 Å². The molecule has 1 atom stereocenters. The van der Waals surface area contributed by atoms with Crippen LogP contribution in [0.25, 0.3) is 0 Å². The molecule has 1 N–H and O–H groups in total. The minimum absolute atomic E-state index is 0.0213. The van der Waals surface area contributed by atoms with Gasteiger partial charge < -0.3 is 5.32 Å². The molecule has 100 valence electrons. The van der Waals surface area contributed by atoms with Crippen LogP contribution in [-0.2, 0) is 0 Å². The predicted octanol–water partition coefficient (Wildman–Crippen LogP) is 3.97. The minimum Gasteiger partial charge on any atom is -0.308 e. The highest BCUT2D eigenvalue weighted by molar-refractivity contribution is 6.31. The fourth-order valence-corrected chi connectivity index (χ4v) is 2.57. The van der Waals surface area contributed by atoms with Crippen molar-refractivity contribution in [3.8, 4) is 0 Å². The van der Waals surface area contributed by atoms with Crippen molar-refractivity contribution < 1.29 is 0 Å². The number of aromatic nitrogens is 1. The molecule has 0 saturated carbocycles. The Morgan fingerprint density at radius 1 is 1.11 bits per heavy atom. The molecule has 2 aromatic rings. The van der Waals surface area contributed by atoms with Crippen molar-refractivity contribution in [3.05, 3.63) is 63.4 Å². The standard InChI is InChI=1S/C16H19ClN2/c1-10-8-12(3)13(9-11(10)2)15(18-4)16-14(17)6-5-7-19-16/h5-9,15,18H,1-4H3. The summed E-state index contributed by atoms with van der Waals surface area (Å²) >= 11 is 6.27. The summed E-state index contributed by atoms with van der Waals surface area (Å²) in [5.41, 5.74) is 5.95. The Morgan fingerprint density at radius 3 is 2.42 bits per heavy atom. The molecule has 2 rings (SSSR count). The molecule has 0 radical (unpaired) electrons. The van der Waals surface area contributed by atoms with Crippen molar-refractivity contribution in [1.82, 2.24) is 10.3 Å². The fourth-order valence-electron chi connectivity index (χ4n) is 2.34. The van der Waals surface area contributed by atoms with E-state index in [0.29, 0.717) is 5.02 Å². The Labute approximate surface area is 119 Å². The van der Waals surface area contributed by atoms with Crippen LogP contribution in [0.15, 0.2) is 30.5 Å². The Balaban J connectivity index is 2.55. The first-order valence-electron chi connectivity index (χ1n) is 6.40. The summed E-state index contributed by atoms with van der Waals surface area (Å²) in [4.78, 5) is 4.42. The largest absolute Gasteiger partial charge is 0.308 e. The van der Waals surface area contributed by atoms with Gasteiger partial charge in [-0.2, -0.15) is 0 Å². The van der Waals surface area contributed by atoms with Gasteiger partial charge in [-0.3, -0.25) is 4.98 Å². The second-order valence-corrected chi connectivity index (χ2v) is 5.29. The molecule has 0 spiro atoms. The molecular formula is C16H19ClN2. The average Bonchev–Trinajstić information content (AvgIpc) is 2.38. The van der Waals surface area contributed by atoms with Gasteiger partial charge in [-0.1, -0.05) is 23.7 Å². The van der Waals surface area contributed by atoms with Crippen molar-refractivity contribution in [2.75, 3.05) is 7.05 Å². The zero-order valence-corrected chi connectivity index (χ0v) is 12.5. The summed E-state index contributed by atoms with van der Waals surface area (Å²) in [5.74, 6) is 0. The predicted molar refractivity (Wildman–Crippen MR) is 80.8 cm³/mol. The number of nitrogens with zero attached hydrogens (tertiary/aromatic N) is 1. The van der Waals surface area contributed by atoms with E-state index in [1.807, 2.05) is 19.2 Å². The number of pyridine rings is 1. The van der Waals surface area contributed by atoms with E-state index in [1.54, 1.807) is 6.20 Å². The summed E-state index contributed by atoms with van der Waals surface area (Å²) in [6, 6.07) is 8.19. The van der Waals surface area contributed by atoms with Gasteiger partial charge >= 0.3 is 0 Å². The van der Waals surface area contributed by atoms with Crippen molar-refractivity contribution in [2.24, 2.45) is 0 Å². The maximum atomic E-state index is 6.27. The normalized spacial score (nSPS) is 12.5. The van der Waals surface area contributed by atoms with Crippen LogP contribution in [0, 0.1) is 20.8 Å². The van der Waals surface area contributed by atoms with Gasteiger partial charge in [0.15, 0.2) is 0 Å². The lowest BCUT2D eigenvalue weighted by molar-refractivity contribution is 0.666. The van der Waals surface area contributed by atoms with E-state index in [4.69, 9.17) is 11.6 Å². The van der Waals surface area contributed by atoms with Crippen molar-refractivity contribution in [2.45, 2.75) is 26.8 Å². The van der Waals surface area contributed by atoms with E-state index in [9.17, 15) is 0 Å². The number of halogens is 1. The lowest BCUT2D eigenvalue weighted by atomic mass is 9.94. The molecule has 0 saturated heterocycles. The maximum absolute atomic E-state index is 6.27. The van der Waals surface area contributed by atoms with E-state index in [-0.39, 0.29) is 6.04 Å². The molecule has 0 bridgehead atoms. The van der Waals surface area contributed by atoms with Crippen LogP contribution in [0.5, 0.6) is 0 Å². The van der Waals surface area contributed by atoms with E-state index >= 15 is 0 Å². The number of nitrogens with one attached hydrogen (secondary N) is 1. The van der Waals surface area contributed by atoms with Gasteiger partial charge in [0.05, 0.1) is 16.8 Å². The zero-order chi connectivity index (χ0) is 14.0. The Morgan fingerprint density at radius 2 is 1.79 bits per heavy atom. The Hall–Kier alpha value is -1.38. The molecule has 1 unspecified atom stereocenters. The first-order chi connectivity index (χ1) is 9.04. The molecule has 1 aromatic carbocycles. The highest BCUT2D eigenvalue weighted by Gasteiger charge is 2.18. The Bertz CT molecular complexity index is 593. The van der Waals surface area contributed by atoms with Crippen LogP contribution in [0.3, 0.4) is 0 Å². The number of rotatable bonds is 3. The number of benzene rings is 1. The second-order valence-electron chi connectivity index (χ2n) is 4.89. The van der Waals surface area contributed by atoms with Gasteiger partial charge in [0.25, 0.3) is 0 Å². The summed E-state index contributed by atoms with van der Waals surface area (Å²) in [7, 11) is 1.93. The van der Waals surface area contributed by atoms with E-state index < -0.39 is 0 Å². The Kier molecular flexibility index (Phi) is 4.23. The average molecular weight is 275 g/mol. The summed E-state index contributed by atoms with van der Waals surface area (Å²) in [6.45, 7) is 6.39. The molecule has 0 aliphatic heterocycles. The van der Waals surface area contributed by atoms with E-state index in [2.05, 4.69) is 43.2 Å². The van der Waals surface area contributed by atoms with Gasteiger partial charge in [-0.15, -0.1) is 0 Å². The minimum atomic E-state index is 0.0213. The molecule has 0 aliphatic carbocycles. The van der Waals surface area contributed by atoms with Crippen molar-refractivity contribution in [1.29, 1.82) is 0 Å². The topological polar surface area (TPSA) is 24.9 Å². The van der Waals surface area contributed by atoms with Gasteiger partial charge in [0.1, 0.15) is 0 Å². The zero-order valence-electron chi connectivity index (χ0n) is 11.8. The van der Waals surface area contributed by atoms with Crippen LogP contribution in [-0.4, -0.2) is 12.0 Å². The fraction of sp³-hybridized carbons (Fsp3) is 0.312. The van der Waals surface area contributed by atoms with E-state index in [0.717, 1.165) is 5.69 Å². The highest BCUT2D eigenvalue weighted by Crippen LogP contribution is 2.29.